The number of rotatable bonds is 10. The molecule has 2 nitrogen and oxygen atoms in total. The van der Waals surface area contributed by atoms with Gasteiger partial charge in [-0.05, 0) is 38.6 Å². The number of nitrogens with one attached hydrogen (secondary N) is 1. The van der Waals surface area contributed by atoms with Crippen molar-refractivity contribution in [3.05, 3.63) is 0 Å². The maximum absolute atomic E-state index is 11.7. The van der Waals surface area contributed by atoms with E-state index in [1.807, 2.05) is 0 Å². The van der Waals surface area contributed by atoms with Crippen molar-refractivity contribution in [1.29, 1.82) is 0 Å². The molecule has 0 spiro atoms. The fourth-order valence-electron chi connectivity index (χ4n) is 1.56. The van der Waals surface area contributed by atoms with Gasteiger partial charge < -0.3 is 5.32 Å². The van der Waals surface area contributed by atoms with Crippen LogP contribution in [-0.4, -0.2) is 28.3 Å². The van der Waals surface area contributed by atoms with E-state index in [0.29, 0.717) is 12.0 Å². The molecule has 16 heavy (non-hydrogen) atoms. The van der Waals surface area contributed by atoms with Gasteiger partial charge in [0.05, 0.1) is 0 Å². The summed E-state index contributed by atoms with van der Waals surface area (Å²) in [5.74, 6) is 2.37. The fraction of sp³-hybridized carbons (Fsp3) is 1.00. The molecule has 1 N–H and O–H groups in total. The van der Waals surface area contributed by atoms with Crippen LogP contribution in [0, 0.1) is 5.92 Å². The van der Waals surface area contributed by atoms with Crippen molar-refractivity contribution in [2.45, 2.75) is 59.4 Å². The summed E-state index contributed by atoms with van der Waals surface area (Å²) < 4.78 is 11.7. The van der Waals surface area contributed by atoms with Crippen molar-refractivity contribution in [3.8, 4) is 0 Å². The predicted octanol–water partition coefficient (Wildman–Crippen LogP) is 2.95. The van der Waals surface area contributed by atoms with Crippen LogP contribution < -0.4 is 5.32 Å². The average Bonchev–Trinajstić information content (AvgIpc) is 2.26. The molecule has 0 fully saturated rings. The van der Waals surface area contributed by atoms with Gasteiger partial charge in [0.1, 0.15) is 0 Å². The van der Waals surface area contributed by atoms with Crippen LogP contribution in [-0.2, 0) is 10.8 Å². The Morgan fingerprint density at radius 1 is 1.25 bits per heavy atom. The average molecular weight is 247 g/mol. The summed E-state index contributed by atoms with van der Waals surface area (Å²) in [5.41, 5.74) is 0. The van der Waals surface area contributed by atoms with Crippen LogP contribution in [0.25, 0.3) is 0 Å². The third-order valence-corrected chi connectivity index (χ3v) is 4.60. The largest absolute Gasteiger partial charge is 0.314 e. The van der Waals surface area contributed by atoms with Gasteiger partial charge in [-0.1, -0.05) is 27.2 Å². The Balaban J connectivity index is 3.46. The molecule has 3 unspecified atom stereocenters. The monoisotopic (exact) mass is 247 g/mol. The van der Waals surface area contributed by atoms with Gasteiger partial charge in [-0.3, -0.25) is 4.21 Å². The van der Waals surface area contributed by atoms with Crippen molar-refractivity contribution in [3.63, 3.8) is 0 Å². The zero-order valence-corrected chi connectivity index (χ0v) is 12.2. The van der Waals surface area contributed by atoms with E-state index in [2.05, 4.69) is 33.0 Å². The minimum atomic E-state index is -0.600. The van der Waals surface area contributed by atoms with Gasteiger partial charge in [0.2, 0.25) is 0 Å². The van der Waals surface area contributed by atoms with Gasteiger partial charge in [0, 0.05) is 28.3 Å². The lowest BCUT2D eigenvalue weighted by atomic mass is 10.2. The van der Waals surface area contributed by atoms with Crippen LogP contribution in [0.2, 0.25) is 0 Å². The van der Waals surface area contributed by atoms with Crippen molar-refractivity contribution >= 4 is 10.8 Å². The third-order valence-electron chi connectivity index (χ3n) is 2.92. The standard InChI is InChI=1S/C13H29NOS/c1-5-9-14-13(4)8-7-10-16(15)11-12(3)6-2/h12-14H,5-11H2,1-4H3. The van der Waals surface area contributed by atoms with Gasteiger partial charge in [-0.25, -0.2) is 0 Å². The Labute approximate surface area is 104 Å². The second-order valence-corrected chi connectivity index (χ2v) is 6.44. The molecule has 0 amide bonds. The van der Waals surface area contributed by atoms with E-state index in [0.717, 1.165) is 37.3 Å². The maximum atomic E-state index is 11.7. The normalized spacial score (nSPS) is 17.0. The molecule has 0 saturated heterocycles. The Morgan fingerprint density at radius 2 is 1.94 bits per heavy atom. The first-order chi connectivity index (χ1) is 7.60. The Hall–Kier alpha value is 0.110. The lowest BCUT2D eigenvalue weighted by Crippen LogP contribution is -2.27. The van der Waals surface area contributed by atoms with Crippen LogP contribution in [0.3, 0.4) is 0 Å². The fourth-order valence-corrected chi connectivity index (χ4v) is 3.09. The lowest BCUT2D eigenvalue weighted by Gasteiger charge is -2.13. The molecule has 0 saturated carbocycles. The molecule has 98 valence electrons. The van der Waals surface area contributed by atoms with Crippen molar-refractivity contribution < 1.29 is 4.21 Å². The van der Waals surface area contributed by atoms with Gasteiger partial charge >= 0.3 is 0 Å². The molecular formula is C13H29NOS. The quantitative estimate of drug-likeness (QED) is 0.643. The smallest absolute Gasteiger partial charge is 0.0260 e. The molecule has 0 bridgehead atoms. The topological polar surface area (TPSA) is 29.1 Å². The van der Waals surface area contributed by atoms with E-state index in [1.165, 1.54) is 6.42 Å². The molecule has 0 aromatic carbocycles. The van der Waals surface area contributed by atoms with Crippen LogP contribution in [0.1, 0.15) is 53.4 Å². The van der Waals surface area contributed by atoms with Crippen LogP contribution >= 0.6 is 0 Å². The highest BCUT2D eigenvalue weighted by Gasteiger charge is 2.07. The molecular weight excluding hydrogens is 218 g/mol. The van der Waals surface area contributed by atoms with Crippen molar-refractivity contribution in [2.75, 3.05) is 18.1 Å². The van der Waals surface area contributed by atoms with Crippen molar-refractivity contribution in [2.24, 2.45) is 5.92 Å². The van der Waals surface area contributed by atoms with Crippen LogP contribution in [0.15, 0.2) is 0 Å². The molecule has 3 atom stereocenters. The lowest BCUT2D eigenvalue weighted by molar-refractivity contribution is 0.508. The number of hydrogen-bond acceptors (Lipinski definition) is 2. The van der Waals surface area contributed by atoms with Gasteiger partial charge in [0.15, 0.2) is 0 Å². The minimum absolute atomic E-state index is 0.570. The summed E-state index contributed by atoms with van der Waals surface area (Å²) in [5, 5.41) is 3.46. The molecule has 0 aliphatic rings. The highest BCUT2D eigenvalue weighted by molar-refractivity contribution is 7.84. The van der Waals surface area contributed by atoms with Gasteiger partial charge in [-0.2, -0.15) is 0 Å². The summed E-state index contributed by atoms with van der Waals surface area (Å²) in [7, 11) is -0.600. The molecule has 0 rings (SSSR count). The molecule has 0 heterocycles. The highest BCUT2D eigenvalue weighted by Crippen LogP contribution is 2.05. The van der Waals surface area contributed by atoms with Gasteiger partial charge in [0.25, 0.3) is 0 Å². The first-order valence-electron chi connectivity index (χ1n) is 6.68. The summed E-state index contributed by atoms with van der Waals surface area (Å²) >= 11 is 0. The van der Waals surface area contributed by atoms with Crippen LogP contribution in [0.5, 0.6) is 0 Å². The van der Waals surface area contributed by atoms with Gasteiger partial charge in [-0.15, -0.1) is 0 Å². The Morgan fingerprint density at radius 3 is 2.50 bits per heavy atom. The van der Waals surface area contributed by atoms with E-state index >= 15 is 0 Å². The van der Waals surface area contributed by atoms with E-state index in [9.17, 15) is 4.21 Å². The summed E-state index contributed by atoms with van der Waals surface area (Å²) in [6.07, 6.45) is 4.55. The summed E-state index contributed by atoms with van der Waals surface area (Å²) in [6.45, 7) is 9.84. The van der Waals surface area contributed by atoms with Crippen LogP contribution in [0.4, 0.5) is 0 Å². The Kier molecular flexibility index (Phi) is 10.3. The highest BCUT2D eigenvalue weighted by atomic mass is 32.2. The van der Waals surface area contributed by atoms with E-state index in [4.69, 9.17) is 0 Å². The van der Waals surface area contributed by atoms with E-state index < -0.39 is 10.8 Å². The first-order valence-corrected chi connectivity index (χ1v) is 8.17. The molecule has 0 aromatic heterocycles. The molecule has 0 aromatic rings. The Bertz CT molecular complexity index is 185. The second-order valence-electron chi connectivity index (χ2n) is 4.82. The minimum Gasteiger partial charge on any atom is -0.314 e. The molecule has 0 radical (unpaired) electrons. The molecule has 0 aliphatic heterocycles. The SMILES string of the molecule is CCCNC(C)CCCS(=O)CC(C)CC. The molecule has 0 aliphatic carbocycles. The molecule has 3 heteroatoms. The number of hydrogen-bond donors (Lipinski definition) is 1. The third kappa shape index (κ3) is 9.34. The zero-order chi connectivity index (χ0) is 12.4. The van der Waals surface area contributed by atoms with Crippen molar-refractivity contribution in [1.82, 2.24) is 5.32 Å². The van der Waals surface area contributed by atoms with E-state index in [1.54, 1.807) is 0 Å². The predicted molar refractivity (Wildman–Crippen MR) is 74.3 cm³/mol. The maximum Gasteiger partial charge on any atom is 0.0260 e. The second kappa shape index (κ2) is 10.3. The summed E-state index contributed by atoms with van der Waals surface area (Å²) in [4.78, 5) is 0. The van der Waals surface area contributed by atoms with E-state index in [-0.39, 0.29) is 0 Å². The summed E-state index contributed by atoms with van der Waals surface area (Å²) in [6, 6.07) is 0.570. The zero-order valence-electron chi connectivity index (χ0n) is 11.4. The first kappa shape index (κ1) is 16.1.